The second-order valence-electron chi connectivity index (χ2n) is 5.00. The number of alkyl halides is 2. The van der Waals surface area contributed by atoms with Crippen LogP contribution < -0.4 is 20.1 Å². The minimum Gasteiger partial charge on any atom is -0.490 e. The zero-order chi connectivity index (χ0) is 18.1. The first kappa shape index (κ1) is 19.0. The zero-order valence-corrected chi connectivity index (χ0v) is 14.9. The van der Waals surface area contributed by atoms with Gasteiger partial charge in [-0.3, -0.25) is 4.99 Å². The summed E-state index contributed by atoms with van der Waals surface area (Å²) in [5.41, 5.74) is 2.05. The van der Waals surface area contributed by atoms with E-state index in [9.17, 15) is 8.78 Å². The number of nitrogens with one attached hydrogen (secondary N) is 2. The number of guanidine groups is 1. The van der Waals surface area contributed by atoms with Gasteiger partial charge in [-0.15, -0.1) is 0 Å². The van der Waals surface area contributed by atoms with Crippen LogP contribution in [0.5, 0.6) is 11.5 Å². The van der Waals surface area contributed by atoms with E-state index in [1.165, 1.54) is 11.6 Å². The Bertz CT molecular complexity index is 679. The van der Waals surface area contributed by atoms with Crippen molar-refractivity contribution in [3.8, 4) is 11.5 Å². The average Bonchev–Trinajstić information content (AvgIpc) is 3.10. The number of hydrogen-bond donors (Lipinski definition) is 2. The molecule has 5 nitrogen and oxygen atoms in total. The van der Waals surface area contributed by atoms with Crippen molar-refractivity contribution in [2.24, 2.45) is 4.99 Å². The molecule has 0 fully saturated rings. The molecule has 0 radical (unpaired) electrons. The SMILES string of the molecule is CCOc1cc(CNC(=NC)NCc2ccsc2)ccc1OC(F)F. The van der Waals surface area contributed by atoms with Crippen LogP contribution in [0, 0.1) is 0 Å². The van der Waals surface area contributed by atoms with Crippen LogP contribution in [-0.2, 0) is 13.1 Å². The first-order valence-electron chi connectivity index (χ1n) is 7.78. The van der Waals surface area contributed by atoms with Crippen LogP contribution in [0.3, 0.4) is 0 Å². The molecule has 0 atom stereocenters. The van der Waals surface area contributed by atoms with Gasteiger partial charge in [0.05, 0.1) is 6.61 Å². The van der Waals surface area contributed by atoms with Crippen molar-refractivity contribution in [3.63, 3.8) is 0 Å². The summed E-state index contributed by atoms with van der Waals surface area (Å²) in [6, 6.07) is 6.91. The van der Waals surface area contributed by atoms with Crippen molar-refractivity contribution < 1.29 is 18.3 Å². The smallest absolute Gasteiger partial charge is 0.387 e. The van der Waals surface area contributed by atoms with Gasteiger partial charge in [0.2, 0.25) is 0 Å². The van der Waals surface area contributed by atoms with Crippen LogP contribution in [0.4, 0.5) is 8.78 Å². The van der Waals surface area contributed by atoms with Crippen molar-refractivity contribution in [1.29, 1.82) is 0 Å². The van der Waals surface area contributed by atoms with E-state index in [1.54, 1.807) is 37.4 Å². The maximum atomic E-state index is 12.4. The van der Waals surface area contributed by atoms with Crippen LogP contribution in [0.1, 0.15) is 18.1 Å². The van der Waals surface area contributed by atoms with Gasteiger partial charge in [0, 0.05) is 20.1 Å². The lowest BCUT2D eigenvalue weighted by Gasteiger charge is -2.14. The van der Waals surface area contributed by atoms with Gasteiger partial charge < -0.3 is 20.1 Å². The lowest BCUT2D eigenvalue weighted by molar-refractivity contribution is -0.0514. The normalized spacial score (nSPS) is 11.5. The Morgan fingerprint density at radius 3 is 2.52 bits per heavy atom. The van der Waals surface area contributed by atoms with Gasteiger partial charge in [-0.25, -0.2) is 0 Å². The van der Waals surface area contributed by atoms with E-state index in [-0.39, 0.29) is 5.75 Å². The second-order valence-corrected chi connectivity index (χ2v) is 5.78. The summed E-state index contributed by atoms with van der Waals surface area (Å²) in [5, 5.41) is 10.5. The number of halogens is 2. The Labute approximate surface area is 149 Å². The van der Waals surface area contributed by atoms with Gasteiger partial charge >= 0.3 is 6.61 Å². The van der Waals surface area contributed by atoms with Crippen molar-refractivity contribution in [1.82, 2.24) is 10.6 Å². The van der Waals surface area contributed by atoms with Crippen molar-refractivity contribution in [2.75, 3.05) is 13.7 Å². The Kier molecular flexibility index (Phi) is 7.46. The molecule has 0 saturated heterocycles. The Morgan fingerprint density at radius 2 is 1.92 bits per heavy atom. The molecule has 136 valence electrons. The molecule has 0 saturated carbocycles. The fraction of sp³-hybridized carbons (Fsp3) is 0.353. The van der Waals surface area contributed by atoms with E-state index < -0.39 is 6.61 Å². The first-order valence-corrected chi connectivity index (χ1v) is 8.72. The largest absolute Gasteiger partial charge is 0.490 e. The molecule has 25 heavy (non-hydrogen) atoms. The van der Waals surface area contributed by atoms with E-state index >= 15 is 0 Å². The third kappa shape index (κ3) is 6.22. The van der Waals surface area contributed by atoms with E-state index in [0.29, 0.717) is 31.4 Å². The molecule has 2 N–H and O–H groups in total. The van der Waals surface area contributed by atoms with Crippen LogP contribution in [0.2, 0.25) is 0 Å². The monoisotopic (exact) mass is 369 g/mol. The lowest BCUT2D eigenvalue weighted by atomic mass is 10.2. The summed E-state index contributed by atoms with van der Waals surface area (Å²) in [6.07, 6.45) is 0. The second kappa shape index (κ2) is 9.83. The van der Waals surface area contributed by atoms with Crippen LogP contribution in [0.15, 0.2) is 40.0 Å². The summed E-state index contributed by atoms with van der Waals surface area (Å²) in [6.45, 7) is 0.406. The number of rotatable bonds is 8. The zero-order valence-electron chi connectivity index (χ0n) is 14.1. The molecule has 0 aliphatic heterocycles. The maximum Gasteiger partial charge on any atom is 0.387 e. The number of aliphatic imine (C=N–C) groups is 1. The van der Waals surface area contributed by atoms with Gasteiger partial charge in [0.25, 0.3) is 0 Å². The number of thiophene rings is 1. The highest BCUT2D eigenvalue weighted by Crippen LogP contribution is 2.29. The third-order valence-corrected chi connectivity index (χ3v) is 3.98. The van der Waals surface area contributed by atoms with E-state index in [0.717, 1.165) is 5.56 Å². The molecule has 0 bridgehead atoms. The van der Waals surface area contributed by atoms with Gasteiger partial charge in [-0.2, -0.15) is 20.1 Å². The van der Waals surface area contributed by atoms with Crippen LogP contribution in [-0.4, -0.2) is 26.2 Å². The molecule has 0 spiro atoms. The van der Waals surface area contributed by atoms with E-state index in [1.807, 2.05) is 11.4 Å². The molecular formula is C17H21F2N3O2S. The average molecular weight is 369 g/mol. The van der Waals surface area contributed by atoms with Gasteiger partial charge in [-0.1, -0.05) is 6.07 Å². The van der Waals surface area contributed by atoms with Crippen molar-refractivity contribution >= 4 is 17.3 Å². The highest BCUT2D eigenvalue weighted by molar-refractivity contribution is 7.07. The fourth-order valence-corrected chi connectivity index (χ4v) is 2.78. The summed E-state index contributed by atoms with van der Waals surface area (Å²) in [4.78, 5) is 4.16. The predicted octanol–water partition coefficient (Wildman–Crippen LogP) is 3.61. The Hall–Kier alpha value is -2.35. The molecule has 0 aliphatic carbocycles. The molecular weight excluding hydrogens is 348 g/mol. The van der Waals surface area contributed by atoms with Gasteiger partial charge in [0.1, 0.15) is 0 Å². The van der Waals surface area contributed by atoms with Crippen LogP contribution in [0.25, 0.3) is 0 Å². The van der Waals surface area contributed by atoms with Gasteiger partial charge in [0.15, 0.2) is 17.5 Å². The molecule has 8 heteroatoms. The Balaban J connectivity index is 1.95. The molecule has 1 aromatic heterocycles. The first-order chi connectivity index (χ1) is 12.1. The summed E-state index contributed by atoms with van der Waals surface area (Å²) >= 11 is 1.64. The fourth-order valence-electron chi connectivity index (χ4n) is 2.11. The molecule has 2 rings (SSSR count). The van der Waals surface area contributed by atoms with E-state index in [2.05, 4.69) is 25.7 Å². The summed E-state index contributed by atoms with van der Waals surface area (Å²) in [7, 11) is 1.69. The number of ether oxygens (including phenoxy) is 2. The lowest BCUT2D eigenvalue weighted by Crippen LogP contribution is -2.36. The third-order valence-electron chi connectivity index (χ3n) is 3.25. The van der Waals surface area contributed by atoms with Gasteiger partial charge in [-0.05, 0) is 47.0 Å². The number of nitrogens with zero attached hydrogens (tertiary/aromatic N) is 1. The maximum absolute atomic E-state index is 12.4. The molecule has 2 aromatic rings. The summed E-state index contributed by atoms with van der Waals surface area (Å²) < 4.78 is 34.7. The minimum absolute atomic E-state index is 0.0283. The highest BCUT2D eigenvalue weighted by atomic mass is 32.1. The molecule has 1 aromatic carbocycles. The van der Waals surface area contributed by atoms with Crippen molar-refractivity contribution in [3.05, 3.63) is 46.2 Å². The molecule has 0 unspecified atom stereocenters. The van der Waals surface area contributed by atoms with Crippen LogP contribution >= 0.6 is 11.3 Å². The number of benzene rings is 1. The molecule has 1 heterocycles. The molecule has 0 aliphatic rings. The Morgan fingerprint density at radius 1 is 1.16 bits per heavy atom. The summed E-state index contributed by atoms with van der Waals surface area (Å²) in [5.74, 6) is 0.973. The standard InChI is InChI=1S/C17H21F2N3O2S/c1-3-23-15-8-12(4-5-14(15)24-16(18)19)9-21-17(20-2)22-10-13-6-7-25-11-13/h4-8,11,16H,3,9-10H2,1-2H3,(H2,20,21,22). The van der Waals surface area contributed by atoms with Crippen molar-refractivity contribution in [2.45, 2.75) is 26.6 Å². The number of hydrogen-bond acceptors (Lipinski definition) is 4. The van der Waals surface area contributed by atoms with E-state index in [4.69, 9.17) is 4.74 Å². The predicted molar refractivity (Wildman–Crippen MR) is 95.6 cm³/mol. The highest BCUT2D eigenvalue weighted by Gasteiger charge is 2.11. The minimum atomic E-state index is -2.89. The topological polar surface area (TPSA) is 54.9 Å². The molecule has 0 amide bonds. The quantitative estimate of drug-likeness (QED) is 0.551.